The Morgan fingerprint density at radius 2 is 1.97 bits per heavy atom. The summed E-state index contributed by atoms with van der Waals surface area (Å²) in [5.74, 6) is 0.973. The van der Waals surface area contributed by atoms with Gasteiger partial charge in [0.15, 0.2) is 0 Å². The number of methoxy groups -OCH3 is 1. The molecule has 5 nitrogen and oxygen atoms in total. The third-order valence-electron chi connectivity index (χ3n) is 5.79. The van der Waals surface area contributed by atoms with Gasteiger partial charge in [-0.3, -0.25) is 4.79 Å². The van der Waals surface area contributed by atoms with Gasteiger partial charge >= 0.3 is 0 Å². The predicted octanol–water partition coefficient (Wildman–Crippen LogP) is 5.66. The molecule has 4 rings (SSSR count). The normalized spacial score (nSPS) is 15.0. The van der Waals surface area contributed by atoms with Gasteiger partial charge in [0.25, 0.3) is 5.91 Å². The number of likely N-dealkylation sites (tertiary alicyclic amines) is 1. The first-order valence-corrected chi connectivity index (χ1v) is 11.8. The van der Waals surface area contributed by atoms with Gasteiger partial charge in [0.05, 0.1) is 17.8 Å². The van der Waals surface area contributed by atoms with Crippen LogP contribution in [0.15, 0.2) is 53.9 Å². The average Bonchev–Trinajstić information content (AvgIpc) is 3.31. The van der Waals surface area contributed by atoms with Gasteiger partial charge in [0, 0.05) is 22.9 Å². The topological polar surface area (TPSA) is 54.5 Å². The molecule has 1 fully saturated rings. The first-order valence-electron chi connectivity index (χ1n) is 10.9. The van der Waals surface area contributed by atoms with Crippen LogP contribution in [0.2, 0.25) is 0 Å². The minimum absolute atomic E-state index is 0.184. The number of rotatable bonds is 7. The van der Waals surface area contributed by atoms with E-state index in [1.54, 1.807) is 18.4 Å². The molecular weight excluding hydrogens is 406 g/mol. The molecule has 1 aliphatic rings. The summed E-state index contributed by atoms with van der Waals surface area (Å²) in [5.41, 5.74) is 3.20. The zero-order valence-corrected chi connectivity index (χ0v) is 19.0. The van der Waals surface area contributed by atoms with Crippen molar-refractivity contribution in [1.82, 2.24) is 9.88 Å². The second-order valence-corrected chi connectivity index (χ2v) is 8.81. The molecule has 1 aliphatic heterocycles. The van der Waals surface area contributed by atoms with Gasteiger partial charge in [-0.25, -0.2) is 4.98 Å². The maximum Gasteiger partial charge on any atom is 0.275 e. The summed E-state index contributed by atoms with van der Waals surface area (Å²) in [6.07, 6.45) is 3.42. The lowest BCUT2D eigenvalue weighted by Gasteiger charge is -2.30. The maximum absolute atomic E-state index is 13.0. The van der Waals surface area contributed by atoms with E-state index < -0.39 is 0 Å². The molecule has 2 heterocycles. The number of hydrogen-bond acceptors (Lipinski definition) is 5. The highest BCUT2D eigenvalue weighted by Crippen LogP contribution is 2.33. The van der Waals surface area contributed by atoms with Gasteiger partial charge in [0.1, 0.15) is 11.4 Å². The van der Waals surface area contributed by atoms with Crippen molar-refractivity contribution in [3.8, 4) is 16.9 Å². The molecule has 1 N–H and O–H groups in total. The van der Waals surface area contributed by atoms with Gasteiger partial charge in [-0.1, -0.05) is 37.3 Å². The monoisotopic (exact) mass is 435 g/mol. The number of amides is 1. The highest BCUT2D eigenvalue weighted by molar-refractivity contribution is 7.10. The summed E-state index contributed by atoms with van der Waals surface area (Å²) >= 11 is 1.60. The molecule has 1 saturated heterocycles. The summed E-state index contributed by atoms with van der Waals surface area (Å²) < 4.78 is 5.37. The molecular formula is C25H29N3O2S. The predicted molar refractivity (Wildman–Crippen MR) is 127 cm³/mol. The van der Waals surface area contributed by atoms with E-state index in [0.717, 1.165) is 47.8 Å². The third-order valence-corrected chi connectivity index (χ3v) is 6.80. The molecule has 162 valence electrons. The van der Waals surface area contributed by atoms with Gasteiger partial charge in [-0.15, -0.1) is 11.3 Å². The van der Waals surface area contributed by atoms with Crippen molar-refractivity contribution in [2.24, 2.45) is 0 Å². The van der Waals surface area contributed by atoms with Crippen molar-refractivity contribution in [2.45, 2.75) is 32.1 Å². The largest absolute Gasteiger partial charge is 0.497 e. The lowest BCUT2D eigenvalue weighted by atomic mass is 9.97. The number of nitrogens with one attached hydrogen (secondary N) is 1. The smallest absolute Gasteiger partial charge is 0.275 e. The number of carbonyl (C=O) groups is 1. The Morgan fingerprint density at radius 1 is 1.19 bits per heavy atom. The summed E-state index contributed by atoms with van der Waals surface area (Å²) in [4.78, 5) is 20.2. The first kappa shape index (κ1) is 21.5. The molecule has 31 heavy (non-hydrogen) atoms. The number of thiazole rings is 1. The van der Waals surface area contributed by atoms with Crippen molar-refractivity contribution >= 4 is 22.9 Å². The number of hydrogen-bond donors (Lipinski definition) is 1. The lowest BCUT2D eigenvalue weighted by Crippen LogP contribution is -2.33. The molecule has 0 bridgehead atoms. The standard InChI is InChI=1S/C25H29N3O2S/c1-3-13-28-14-11-19(12-15-28)25-27-23(17-31-25)24(29)26-22-16-20(30-2)9-10-21(22)18-7-5-4-6-8-18/h4-10,16-17,19H,3,11-15H2,1-2H3,(H,26,29). The van der Waals surface area contributed by atoms with E-state index in [9.17, 15) is 4.79 Å². The van der Waals surface area contributed by atoms with Crippen molar-refractivity contribution in [3.05, 3.63) is 64.6 Å². The Balaban J connectivity index is 1.49. The van der Waals surface area contributed by atoms with Gasteiger partial charge in [-0.2, -0.15) is 0 Å². The third kappa shape index (κ3) is 5.14. The molecule has 2 aromatic carbocycles. The molecule has 0 atom stereocenters. The molecule has 0 spiro atoms. The van der Waals surface area contributed by atoms with Crippen LogP contribution >= 0.6 is 11.3 Å². The Kier molecular flexibility index (Phi) is 6.99. The Labute approximate surface area is 188 Å². The van der Waals surface area contributed by atoms with Crippen LogP contribution in [0.5, 0.6) is 5.75 Å². The molecule has 0 aliphatic carbocycles. The van der Waals surface area contributed by atoms with E-state index >= 15 is 0 Å². The number of anilines is 1. The zero-order valence-electron chi connectivity index (χ0n) is 18.1. The van der Waals surface area contributed by atoms with Crippen LogP contribution in [-0.4, -0.2) is 42.5 Å². The van der Waals surface area contributed by atoms with Crippen LogP contribution in [0.25, 0.3) is 11.1 Å². The molecule has 3 aromatic rings. The number of nitrogens with zero attached hydrogens (tertiary/aromatic N) is 2. The molecule has 0 saturated carbocycles. The summed E-state index contributed by atoms with van der Waals surface area (Å²) in [6, 6.07) is 15.8. The highest BCUT2D eigenvalue weighted by Gasteiger charge is 2.24. The van der Waals surface area contributed by atoms with Gasteiger partial charge in [0.2, 0.25) is 0 Å². The van der Waals surface area contributed by atoms with Crippen molar-refractivity contribution < 1.29 is 9.53 Å². The van der Waals surface area contributed by atoms with Gasteiger partial charge in [-0.05, 0) is 56.6 Å². The Hall–Kier alpha value is -2.70. The fourth-order valence-electron chi connectivity index (χ4n) is 4.11. The lowest BCUT2D eigenvalue weighted by molar-refractivity contribution is 0.102. The van der Waals surface area contributed by atoms with E-state index in [1.165, 1.54) is 13.0 Å². The fourth-order valence-corrected chi connectivity index (χ4v) is 5.08. The van der Waals surface area contributed by atoms with E-state index in [2.05, 4.69) is 17.1 Å². The quantitative estimate of drug-likeness (QED) is 0.520. The van der Waals surface area contributed by atoms with Crippen molar-refractivity contribution in [3.63, 3.8) is 0 Å². The summed E-state index contributed by atoms with van der Waals surface area (Å²) in [5, 5.41) is 6.02. The number of carbonyl (C=O) groups excluding carboxylic acids is 1. The van der Waals surface area contributed by atoms with E-state index in [-0.39, 0.29) is 5.91 Å². The van der Waals surface area contributed by atoms with Crippen LogP contribution < -0.4 is 10.1 Å². The van der Waals surface area contributed by atoms with Gasteiger partial charge < -0.3 is 15.0 Å². The van der Waals surface area contributed by atoms with Crippen LogP contribution in [0.4, 0.5) is 5.69 Å². The van der Waals surface area contributed by atoms with E-state index in [1.807, 2.05) is 53.9 Å². The molecule has 6 heteroatoms. The Bertz CT molecular complexity index is 1010. The van der Waals surface area contributed by atoms with Crippen LogP contribution in [-0.2, 0) is 0 Å². The second kappa shape index (κ2) is 10.1. The van der Waals surface area contributed by atoms with Crippen LogP contribution in [0.3, 0.4) is 0 Å². The maximum atomic E-state index is 13.0. The molecule has 0 unspecified atom stereocenters. The van der Waals surface area contributed by atoms with Crippen molar-refractivity contribution in [1.29, 1.82) is 0 Å². The average molecular weight is 436 g/mol. The summed E-state index contributed by atoms with van der Waals surface area (Å²) in [7, 11) is 1.63. The number of piperidine rings is 1. The zero-order chi connectivity index (χ0) is 21.6. The number of aromatic nitrogens is 1. The minimum atomic E-state index is -0.184. The first-order chi connectivity index (χ1) is 15.2. The van der Waals surface area contributed by atoms with E-state index in [4.69, 9.17) is 9.72 Å². The van der Waals surface area contributed by atoms with Crippen LogP contribution in [0.1, 0.15) is 47.6 Å². The molecule has 1 amide bonds. The minimum Gasteiger partial charge on any atom is -0.497 e. The van der Waals surface area contributed by atoms with E-state index in [0.29, 0.717) is 17.4 Å². The number of benzene rings is 2. The summed E-state index contributed by atoms with van der Waals surface area (Å²) in [6.45, 7) is 5.62. The van der Waals surface area contributed by atoms with Crippen molar-refractivity contribution in [2.75, 3.05) is 32.1 Å². The van der Waals surface area contributed by atoms with Crippen LogP contribution in [0, 0.1) is 0 Å². The molecule has 1 aromatic heterocycles. The molecule has 0 radical (unpaired) electrons. The number of ether oxygens (including phenoxy) is 1. The highest BCUT2D eigenvalue weighted by atomic mass is 32.1. The Morgan fingerprint density at radius 3 is 2.68 bits per heavy atom. The SMILES string of the molecule is CCCN1CCC(c2nc(C(=O)Nc3cc(OC)ccc3-c3ccccc3)cs2)CC1. The second-order valence-electron chi connectivity index (χ2n) is 7.92. The fraction of sp³-hybridized carbons (Fsp3) is 0.360.